The lowest BCUT2D eigenvalue weighted by molar-refractivity contribution is -0.146. The lowest BCUT2D eigenvalue weighted by atomic mass is 10.1. The molecule has 1 N–H and O–H groups in total. The van der Waals surface area contributed by atoms with E-state index >= 15 is 0 Å². The van der Waals surface area contributed by atoms with Crippen molar-refractivity contribution in [1.82, 2.24) is 0 Å². The Morgan fingerprint density at radius 2 is 1.38 bits per heavy atom. The summed E-state index contributed by atoms with van der Waals surface area (Å²) in [7, 11) is 0. The normalized spacial score (nSPS) is 12.6. The number of hydrogen-bond donors (Lipinski definition) is 1. The lowest BCUT2D eigenvalue weighted by Gasteiger charge is -2.06. The standard InChI is InChI=1S/C21H40O3/c1-3-4-5-6-7-8-9-10-11-12-13-14-15-16-17-18-21(23)24-19-20(2)22/h10-11,20,22H,3-9,12-19H2,1-2H3. The van der Waals surface area contributed by atoms with E-state index in [0.29, 0.717) is 6.42 Å². The van der Waals surface area contributed by atoms with Gasteiger partial charge in [0.2, 0.25) is 0 Å². The Labute approximate surface area is 149 Å². The van der Waals surface area contributed by atoms with Crippen LogP contribution in [0.2, 0.25) is 0 Å². The second kappa shape index (κ2) is 18.5. The van der Waals surface area contributed by atoms with Crippen molar-refractivity contribution in [3.05, 3.63) is 12.2 Å². The fourth-order valence-corrected chi connectivity index (χ4v) is 2.63. The largest absolute Gasteiger partial charge is 0.463 e. The maximum atomic E-state index is 11.3. The molecule has 0 fully saturated rings. The van der Waals surface area contributed by atoms with E-state index in [0.717, 1.165) is 12.8 Å². The Kier molecular flexibility index (Phi) is 17.9. The minimum atomic E-state index is -0.567. The van der Waals surface area contributed by atoms with Crippen LogP contribution in [0.1, 0.15) is 104 Å². The molecule has 142 valence electrons. The molecule has 3 heteroatoms. The molecule has 0 saturated carbocycles. The van der Waals surface area contributed by atoms with Crippen molar-refractivity contribution in [2.75, 3.05) is 6.61 Å². The molecular weight excluding hydrogens is 300 g/mol. The molecule has 1 atom stereocenters. The van der Waals surface area contributed by atoms with E-state index in [1.165, 1.54) is 70.6 Å². The molecule has 0 radical (unpaired) electrons. The maximum absolute atomic E-state index is 11.3. The topological polar surface area (TPSA) is 46.5 Å². The van der Waals surface area contributed by atoms with Gasteiger partial charge in [-0.25, -0.2) is 0 Å². The minimum Gasteiger partial charge on any atom is -0.463 e. The van der Waals surface area contributed by atoms with Crippen molar-refractivity contribution in [2.24, 2.45) is 0 Å². The monoisotopic (exact) mass is 340 g/mol. The Morgan fingerprint density at radius 3 is 1.92 bits per heavy atom. The molecule has 3 nitrogen and oxygen atoms in total. The Morgan fingerprint density at radius 1 is 0.875 bits per heavy atom. The zero-order chi connectivity index (χ0) is 17.9. The number of hydrogen-bond acceptors (Lipinski definition) is 3. The van der Waals surface area contributed by atoms with Crippen LogP contribution in [0.4, 0.5) is 0 Å². The molecule has 0 aliphatic carbocycles. The molecule has 0 rings (SSSR count). The fourth-order valence-electron chi connectivity index (χ4n) is 2.63. The van der Waals surface area contributed by atoms with Gasteiger partial charge in [-0.15, -0.1) is 0 Å². The van der Waals surface area contributed by atoms with Gasteiger partial charge in [-0.1, -0.05) is 70.4 Å². The predicted octanol–water partition coefficient (Wildman–Crippen LogP) is 5.95. The van der Waals surface area contributed by atoms with Crippen LogP contribution in [0.5, 0.6) is 0 Å². The number of allylic oxidation sites excluding steroid dienone is 2. The summed E-state index contributed by atoms with van der Waals surface area (Å²) in [6, 6.07) is 0. The first-order valence-corrected chi connectivity index (χ1v) is 10.2. The van der Waals surface area contributed by atoms with Crippen molar-refractivity contribution >= 4 is 5.97 Å². The Balaban J connectivity index is 3.19. The van der Waals surface area contributed by atoms with Crippen molar-refractivity contribution in [2.45, 2.75) is 110 Å². The van der Waals surface area contributed by atoms with E-state index < -0.39 is 6.10 Å². The zero-order valence-corrected chi connectivity index (χ0v) is 16.1. The molecule has 0 aliphatic rings. The van der Waals surface area contributed by atoms with Gasteiger partial charge in [0.15, 0.2) is 0 Å². The van der Waals surface area contributed by atoms with E-state index in [-0.39, 0.29) is 12.6 Å². The van der Waals surface area contributed by atoms with Gasteiger partial charge in [0.05, 0.1) is 6.10 Å². The van der Waals surface area contributed by atoms with Crippen LogP contribution in [0.25, 0.3) is 0 Å². The number of rotatable bonds is 17. The summed E-state index contributed by atoms with van der Waals surface area (Å²) in [4.78, 5) is 11.3. The van der Waals surface area contributed by atoms with E-state index in [2.05, 4.69) is 19.1 Å². The second-order valence-electron chi connectivity index (χ2n) is 6.87. The summed E-state index contributed by atoms with van der Waals surface area (Å²) in [5, 5.41) is 9.02. The third kappa shape index (κ3) is 19.2. The van der Waals surface area contributed by atoms with Crippen LogP contribution in [-0.2, 0) is 9.53 Å². The Bertz CT molecular complexity index is 297. The fraction of sp³-hybridized carbons (Fsp3) is 0.857. The van der Waals surface area contributed by atoms with E-state index in [9.17, 15) is 4.79 Å². The molecule has 0 aromatic carbocycles. The van der Waals surface area contributed by atoms with E-state index in [1.54, 1.807) is 6.92 Å². The molecule has 0 aromatic heterocycles. The maximum Gasteiger partial charge on any atom is 0.305 e. The van der Waals surface area contributed by atoms with Gasteiger partial charge in [-0.05, 0) is 39.0 Å². The van der Waals surface area contributed by atoms with Gasteiger partial charge in [-0.2, -0.15) is 0 Å². The van der Waals surface area contributed by atoms with Crippen LogP contribution in [0, 0.1) is 0 Å². The number of aliphatic hydroxyl groups is 1. The number of carbonyl (C=O) groups is 1. The van der Waals surface area contributed by atoms with Crippen molar-refractivity contribution < 1.29 is 14.6 Å². The number of esters is 1. The summed E-state index contributed by atoms with van der Waals surface area (Å²) in [5.41, 5.74) is 0. The first-order chi connectivity index (χ1) is 11.7. The molecule has 0 spiro atoms. The van der Waals surface area contributed by atoms with E-state index in [4.69, 9.17) is 9.84 Å². The van der Waals surface area contributed by atoms with Crippen LogP contribution < -0.4 is 0 Å². The highest BCUT2D eigenvalue weighted by Gasteiger charge is 2.04. The summed E-state index contributed by atoms with van der Waals surface area (Å²) in [5.74, 6) is -0.187. The molecule has 0 amide bonds. The summed E-state index contributed by atoms with van der Waals surface area (Å²) < 4.78 is 4.92. The highest BCUT2D eigenvalue weighted by molar-refractivity contribution is 5.69. The number of ether oxygens (including phenoxy) is 1. The molecule has 0 bridgehead atoms. The molecular formula is C21H40O3. The molecule has 0 aliphatic heterocycles. The van der Waals surface area contributed by atoms with Crippen LogP contribution in [0.3, 0.4) is 0 Å². The molecule has 0 heterocycles. The molecule has 1 unspecified atom stereocenters. The minimum absolute atomic E-state index is 0.115. The van der Waals surface area contributed by atoms with Gasteiger partial charge in [0.25, 0.3) is 0 Å². The molecule has 24 heavy (non-hydrogen) atoms. The van der Waals surface area contributed by atoms with Crippen molar-refractivity contribution in [1.29, 1.82) is 0 Å². The van der Waals surface area contributed by atoms with Gasteiger partial charge in [0, 0.05) is 6.42 Å². The average molecular weight is 341 g/mol. The summed E-state index contributed by atoms with van der Waals surface area (Å²) in [6.07, 6.45) is 20.9. The van der Waals surface area contributed by atoms with Crippen molar-refractivity contribution in [3.63, 3.8) is 0 Å². The zero-order valence-electron chi connectivity index (χ0n) is 16.1. The average Bonchev–Trinajstić information content (AvgIpc) is 2.56. The quantitative estimate of drug-likeness (QED) is 0.202. The van der Waals surface area contributed by atoms with Gasteiger partial charge >= 0.3 is 5.97 Å². The highest BCUT2D eigenvalue weighted by atomic mass is 16.5. The first-order valence-electron chi connectivity index (χ1n) is 10.2. The number of aliphatic hydroxyl groups excluding tert-OH is 1. The van der Waals surface area contributed by atoms with Gasteiger partial charge < -0.3 is 9.84 Å². The smallest absolute Gasteiger partial charge is 0.305 e. The first kappa shape index (κ1) is 23.2. The van der Waals surface area contributed by atoms with Crippen LogP contribution >= 0.6 is 0 Å². The number of carbonyl (C=O) groups excluding carboxylic acids is 1. The SMILES string of the molecule is CCCCCCCCC=CCCCCCCCC(=O)OCC(C)O. The Hall–Kier alpha value is -0.830. The van der Waals surface area contributed by atoms with Gasteiger partial charge in [0.1, 0.15) is 6.61 Å². The summed E-state index contributed by atoms with van der Waals surface area (Å²) in [6.45, 7) is 4.00. The lowest BCUT2D eigenvalue weighted by Crippen LogP contribution is -2.14. The summed E-state index contributed by atoms with van der Waals surface area (Å²) >= 11 is 0. The van der Waals surface area contributed by atoms with Crippen LogP contribution in [-0.4, -0.2) is 23.8 Å². The van der Waals surface area contributed by atoms with E-state index in [1.807, 2.05) is 0 Å². The third-order valence-corrected chi connectivity index (χ3v) is 4.13. The highest BCUT2D eigenvalue weighted by Crippen LogP contribution is 2.10. The molecule has 0 saturated heterocycles. The third-order valence-electron chi connectivity index (χ3n) is 4.13. The number of unbranched alkanes of at least 4 members (excludes halogenated alkanes) is 11. The van der Waals surface area contributed by atoms with Gasteiger partial charge in [-0.3, -0.25) is 4.79 Å². The van der Waals surface area contributed by atoms with Crippen LogP contribution in [0.15, 0.2) is 12.2 Å². The second-order valence-corrected chi connectivity index (χ2v) is 6.87. The molecule has 0 aromatic rings. The predicted molar refractivity (Wildman–Crippen MR) is 102 cm³/mol. The van der Waals surface area contributed by atoms with Crippen molar-refractivity contribution in [3.8, 4) is 0 Å².